The lowest BCUT2D eigenvalue weighted by molar-refractivity contribution is -0.130. The molecule has 0 bridgehead atoms. The third kappa shape index (κ3) is 4.52. The van der Waals surface area contributed by atoms with Gasteiger partial charge >= 0.3 is 0 Å². The lowest BCUT2D eigenvalue weighted by Crippen LogP contribution is -2.32. The molecule has 0 aliphatic rings. The monoisotopic (exact) mass is 239 g/mol. The fraction of sp³-hybridized carbons (Fsp3) is 0.727. The fourth-order valence-electron chi connectivity index (χ4n) is 1.62. The Morgan fingerprint density at radius 3 is 2.71 bits per heavy atom. The quantitative estimate of drug-likeness (QED) is 0.689. The van der Waals surface area contributed by atoms with E-state index in [1.807, 2.05) is 32.0 Å². The molecular formula is C11H21N5O. The average Bonchev–Trinajstić information content (AvgIpc) is 2.72. The van der Waals surface area contributed by atoms with Gasteiger partial charge in [-0.2, -0.15) is 0 Å². The first kappa shape index (κ1) is 13.6. The molecule has 1 rings (SSSR count). The number of nitrogens with one attached hydrogen (secondary N) is 1. The normalized spacial score (nSPS) is 10.5. The van der Waals surface area contributed by atoms with Gasteiger partial charge in [0.25, 0.3) is 0 Å². The number of rotatable bonds is 7. The summed E-state index contributed by atoms with van der Waals surface area (Å²) in [6, 6.07) is 0. The number of aryl methyl sites for hydroxylation is 1. The lowest BCUT2D eigenvalue weighted by Gasteiger charge is -2.18. The Kier molecular flexibility index (Phi) is 5.62. The van der Waals surface area contributed by atoms with E-state index in [9.17, 15) is 4.79 Å². The van der Waals surface area contributed by atoms with Crippen molar-refractivity contribution in [3.63, 3.8) is 0 Å². The highest BCUT2D eigenvalue weighted by Gasteiger charge is 2.08. The molecule has 6 heteroatoms. The van der Waals surface area contributed by atoms with Crippen LogP contribution in [-0.2, 0) is 18.4 Å². The summed E-state index contributed by atoms with van der Waals surface area (Å²) in [6.45, 7) is 6.87. The summed E-state index contributed by atoms with van der Waals surface area (Å²) in [5.41, 5.74) is 0.891. The van der Waals surface area contributed by atoms with E-state index in [1.54, 1.807) is 4.68 Å². The Balaban J connectivity index is 2.17. The molecule has 0 spiro atoms. The highest BCUT2D eigenvalue weighted by atomic mass is 16.2. The van der Waals surface area contributed by atoms with E-state index in [-0.39, 0.29) is 5.91 Å². The Labute approximate surface area is 102 Å². The molecule has 0 unspecified atom stereocenters. The summed E-state index contributed by atoms with van der Waals surface area (Å²) in [4.78, 5) is 13.5. The van der Waals surface area contributed by atoms with Gasteiger partial charge in [0.2, 0.25) is 5.91 Å². The summed E-state index contributed by atoms with van der Waals surface area (Å²) >= 11 is 0. The zero-order chi connectivity index (χ0) is 12.7. The van der Waals surface area contributed by atoms with Crippen LogP contribution >= 0.6 is 0 Å². The van der Waals surface area contributed by atoms with Crippen molar-refractivity contribution < 1.29 is 4.79 Å². The van der Waals surface area contributed by atoms with Gasteiger partial charge in [0.05, 0.1) is 5.69 Å². The molecule has 1 heterocycles. The van der Waals surface area contributed by atoms with Crippen LogP contribution in [0.1, 0.15) is 26.0 Å². The molecule has 1 aromatic rings. The van der Waals surface area contributed by atoms with Crippen molar-refractivity contribution in [1.82, 2.24) is 25.2 Å². The molecule has 1 aromatic heterocycles. The number of nitrogens with zero attached hydrogens (tertiary/aromatic N) is 4. The maximum absolute atomic E-state index is 11.7. The van der Waals surface area contributed by atoms with Crippen LogP contribution in [0.25, 0.3) is 0 Å². The lowest BCUT2D eigenvalue weighted by atomic mass is 10.3. The maximum atomic E-state index is 11.7. The minimum atomic E-state index is 0.196. The molecule has 0 atom stereocenters. The number of hydrogen-bond acceptors (Lipinski definition) is 4. The Morgan fingerprint density at radius 1 is 1.47 bits per heavy atom. The van der Waals surface area contributed by atoms with Crippen molar-refractivity contribution in [2.75, 3.05) is 19.6 Å². The van der Waals surface area contributed by atoms with Crippen molar-refractivity contribution in [1.29, 1.82) is 0 Å². The third-order valence-corrected chi connectivity index (χ3v) is 2.59. The van der Waals surface area contributed by atoms with Gasteiger partial charge in [0, 0.05) is 45.8 Å². The van der Waals surface area contributed by atoms with Gasteiger partial charge in [-0.1, -0.05) is 5.21 Å². The second kappa shape index (κ2) is 7.01. The zero-order valence-electron chi connectivity index (χ0n) is 10.8. The predicted molar refractivity (Wildman–Crippen MR) is 65.3 cm³/mol. The fourth-order valence-corrected chi connectivity index (χ4v) is 1.62. The molecule has 0 aromatic carbocycles. The first-order valence-electron chi connectivity index (χ1n) is 6.01. The average molecular weight is 239 g/mol. The van der Waals surface area contributed by atoms with Crippen molar-refractivity contribution in [3.8, 4) is 0 Å². The molecule has 96 valence electrons. The van der Waals surface area contributed by atoms with E-state index in [4.69, 9.17) is 0 Å². The molecule has 0 aliphatic carbocycles. The highest BCUT2D eigenvalue weighted by molar-refractivity contribution is 5.76. The topological polar surface area (TPSA) is 63.1 Å². The molecule has 17 heavy (non-hydrogen) atoms. The van der Waals surface area contributed by atoms with Crippen LogP contribution in [-0.4, -0.2) is 45.4 Å². The Bertz CT molecular complexity index is 345. The van der Waals surface area contributed by atoms with Crippen LogP contribution in [0.3, 0.4) is 0 Å². The van der Waals surface area contributed by atoms with Gasteiger partial charge in [-0.15, -0.1) is 5.10 Å². The summed E-state index contributed by atoms with van der Waals surface area (Å²) in [7, 11) is 1.83. The molecule has 1 N–H and O–H groups in total. The molecular weight excluding hydrogens is 218 g/mol. The molecule has 0 saturated heterocycles. The zero-order valence-corrected chi connectivity index (χ0v) is 10.8. The second-order valence-corrected chi connectivity index (χ2v) is 3.88. The third-order valence-electron chi connectivity index (χ3n) is 2.59. The molecule has 0 saturated carbocycles. The maximum Gasteiger partial charge on any atom is 0.223 e. The SMILES string of the molecule is CCN(CC)C(=O)CCNCc1cn(C)nn1. The van der Waals surface area contributed by atoms with Crippen LogP contribution in [0, 0.1) is 0 Å². The van der Waals surface area contributed by atoms with E-state index in [0.29, 0.717) is 19.5 Å². The van der Waals surface area contributed by atoms with Crippen molar-refractivity contribution in [2.24, 2.45) is 7.05 Å². The van der Waals surface area contributed by atoms with E-state index in [2.05, 4.69) is 15.6 Å². The number of amides is 1. The van der Waals surface area contributed by atoms with Crippen LogP contribution in [0.15, 0.2) is 6.20 Å². The largest absolute Gasteiger partial charge is 0.343 e. The summed E-state index contributed by atoms with van der Waals surface area (Å²) < 4.78 is 1.66. The smallest absolute Gasteiger partial charge is 0.223 e. The highest BCUT2D eigenvalue weighted by Crippen LogP contribution is 1.94. The second-order valence-electron chi connectivity index (χ2n) is 3.88. The number of carbonyl (C=O) groups excluding carboxylic acids is 1. The summed E-state index contributed by atoms with van der Waals surface area (Å²) in [5, 5.41) is 11.0. The van der Waals surface area contributed by atoms with E-state index in [1.165, 1.54) is 0 Å². The standard InChI is InChI=1S/C11H21N5O/c1-4-16(5-2)11(17)6-7-12-8-10-9-15(3)14-13-10/h9,12H,4-8H2,1-3H3. The summed E-state index contributed by atoms with van der Waals surface area (Å²) in [5.74, 6) is 0.196. The van der Waals surface area contributed by atoms with E-state index < -0.39 is 0 Å². The van der Waals surface area contributed by atoms with Crippen LogP contribution in [0.5, 0.6) is 0 Å². The van der Waals surface area contributed by atoms with Crippen LogP contribution in [0.4, 0.5) is 0 Å². The Hall–Kier alpha value is -1.43. The van der Waals surface area contributed by atoms with Crippen molar-refractivity contribution >= 4 is 5.91 Å². The van der Waals surface area contributed by atoms with E-state index in [0.717, 1.165) is 18.8 Å². The van der Waals surface area contributed by atoms with Crippen molar-refractivity contribution in [3.05, 3.63) is 11.9 Å². The molecule has 6 nitrogen and oxygen atoms in total. The number of aromatic nitrogens is 3. The van der Waals surface area contributed by atoms with E-state index >= 15 is 0 Å². The first-order valence-corrected chi connectivity index (χ1v) is 6.01. The van der Waals surface area contributed by atoms with Crippen LogP contribution in [0.2, 0.25) is 0 Å². The minimum absolute atomic E-state index is 0.196. The molecule has 0 aliphatic heterocycles. The molecule has 0 fully saturated rings. The van der Waals surface area contributed by atoms with Gasteiger partial charge in [-0.25, -0.2) is 0 Å². The summed E-state index contributed by atoms with van der Waals surface area (Å²) in [6.07, 6.45) is 2.39. The number of hydrogen-bond donors (Lipinski definition) is 1. The molecule has 1 amide bonds. The Morgan fingerprint density at radius 2 is 2.18 bits per heavy atom. The minimum Gasteiger partial charge on any atom is -0.343 e. The molecule has 0 radical (unpaired) electrons. The van der Waals surface area contributed by atoms with Gasteiger partial charge < -0.3 is 10.2 Å². The van der Waals surface area contributed by atoms with Crippen molar-refractivity contribution in [2.45, 2.75) is 26.8 Å². The van der Waals surface area contributed by atoms with Gasteiger partial charge in [0.1, 0.15) is 0 Å². The van der Waals surface area contributed by atoms with Crippen LogP contribution < -0.4 is 5.32 Å². The predicted octanol–water partition coefficient (Wildman–Crippen LogP) is 0.163. The van der Waals surface area contributed by atoms with Gasteiger partial charge in [0.15, 0.2) is 0 Å². The van der Waals surface area contributed by atoms with Gasteiger partial charge in [-0.05, 0) is 13.8 Å². The van der Waals surface area contributed by atoms with Gasteiger partial charge in [-0.3, -0.25) is 9.48 Å². The first-order chi connectivity index (χ1) is 8.17. The number of carbonyl (C=O) groups is 1.